The quantitative estimate of drug-likeness (QED) is 0.579. The molecule has 0 saturated carbocycles. The number of rotatable bonds is 4. The van der Waals surface area contributed by atoms with Gasteiger partial charge < -0.3 is 0 Å². The van der Waals surface area contributed by atoms with E-state index in [1.54, 1.807) is 0 Å². The van der Waals surface area contributed by atoms with Crippen molar-refractivity contribution < 1.29 is 0 Å². The molecule has 0 amide bonds. The number of benzene rings is 3. The van der Waals surface area contributed by atoms with E-state index >= 15 is 0 Å². The van der Waals surface area contributed by atoms with Crippen LogP contribution in [0.1, 0.15) is 21.9 Å². The average molecular weight is 302 g/mol. The molecule has 0 aliphatic rings. The molecule has 0 fully saturated rings. The summed E-state index contributed by atoms with van der Waals surface area (Å²) in [6.07, 6.45) is 2.23. The van der Waals surface area contributed by atoms with E-state index in [0.29, 0.717) is 0 Å². The van der Waals surface area contributed by atoms with Crippen molar-refractivity contribution >= 4 is 18.2 Å². The monoisotopic (exact) mass is 302 g/mol. The zero-order valence-corrected chi connectivity index (χ0v) is 13.2. The highest BCUT2D eigenvalue weighted by Crippen LogP contribution is 2.30. The largest absolute Gasteiger partial charge is 0.167 e. The van der Waals surface area contributed by atoms with Gasteiger partial charge in [-0.05, 0) is 22.3 Å². The summed E-state index contributed by atoms with van der Waals surface area (Å²) in [6.45, 7) is 0. The molecule has 108 valence electrons. The van der Waals surface area contributed by atoms with Crippen molar-refractivity contribution in [2.24, 2.45) is 0 Å². The van der Waals surface area contributed by atoms with Gasteiger partial charge in [-0.3, -0.25) is 0 Å². The second-order valence-corrected chi connectivity index (χ2v) is 5.72. The molecule has 0 N–H and O–H groups in total. The number of hydrogen-bond donors (Lipinski definition) is 1. The molecule has 0 radical (unpaired) electrons. The molecule has 3 rings (SSSR count). The molecule has 1 unspecified atom stereocenters. The Kier molecular flexibility index (Phi) is 4.77. The molecule has 1 heteroatoms. The van der Waals surface area contributed by atoms with Crippen LogP contribution in [-0.4, -0.2) is 0 Å². The van der Waals surface area contributed by atoms with Crippen molar-refractivity contribution in [3.8, 4) is 0 Å². The molecule has 0 aromatic heterocycles. The first-order valence-electron chi connectivity index (χ1n) is 7.40. The van der Waals surface area contributed by atoms with Crippen molar-refractivity contribution in [1.29, 1.82) is 0 Å². The zero-order chi connectivity index (χ0) is 15.2. The third kappa shape index (κ3) is 3.49. The molecule has 3 aromatic rings. The Morgan fingerprint density at radius 1 is 0.636 bits per heavy atom. The molecule has 0 saturated heterocycles. The molecule has 0 aliphatic carbocycles. The minimum Gasteiger partial charge on any atom is -0.167 e. The third-order valence-electron chi connectivity index (χ3n) is 3.64. The van der Waals surface area contributed by atoms with E-state index in [1.807, 2.05) is 18.2 Å². The maximum Gasteiger partial charge on any atom is 0.0456 e. The molecule has 22 heavy (non-hydrogen) atoms. The van der Waals surface area contributed by atoms with Crippen LogP contribution in [0.15, 0.2) is 97.1 Å². The predicted molar refractivity (Wildman–Crippen MR) is 98.1 cm³/mol. The summed E-state index contributed by atoms with van der Waals surface area (Å²) in [5.41, 5.74) is 4.84. The second kappa shape index (κ2) is 7.15. The van der Waals surface area contributed by atoms with Gasteiger partial charge in [0.2, 0.25) is 0 Å². The number of thiol groups is 1. The lowest BCUT2D eigenvalue weighted by Gasteiger charge is -2.13. The molecule has 1 atom stereocenters. The van der Waals surface area contributed by atoms with E-state index in [2.05, 4.69) is 78.9 Å². The van der Waals surface area contributed by atoms with Gasteiger partial charge in [0.05, 0.1) is 0 Å². The van der Waals surface area contributed by atoms with Crippen LogP contribution >= 0.6 is 12.6 Å². The van der Waals surface area contributed by atoms with Crippen LogP contribution in [0, 0.1) is 0 Å². The zero-order valence-electron chi connectivity index (χ0n) is 12.3. The molecule has 0 spiro atoms. The summed E-state index contributed by atoms with van der Waals surface area (Å²) in [5, 5.41) is 0.0663. The minimum atomic E-state index is 0.0663. The van der Waals surface area contributed by atoms with Gasteiger partial charge in [-0.15, -0.1) is 0 Å². The molecule has 0 bridgehead atoms. The summed E-state index contributed by atoms with van der Waals surface area (Å²) >= 11 is 4.78. The van der Waals surface area contributed by atoms with Crippen molar-refractivity contribution in [1.82, 2.24) is 0 Å². The van der Waals surface area contributed by atoms with Gasteiger partial charge >= 0.3 is 0 Å². The topological polar surface area (TPSA) is 0 Å². The summed E-state index contributed by atoms with van der Waals surface area (Å²) < 4.78 is 0. The maximum absolute atomic E-state index is 4.78. The van der Waals surface area contributed by atoms with Gasteiger partial charge in [-0.1, -0.05) is 97.1 Å². The highest BCUT2D eigenvalue weighted by atomic mass is 32.1. The molecule has 0 nitrogen and oxygen atoms in total. The maximum atomic E-state index is 4.78. The van der Waals surface area contributed by atoms with Crippen LogP contribution in [0.4, 0.5) is 0 Å². The van der Waals surface area contributed by atoms with Gasteiger partial charge in [0.1, 0.15) is 0 Å². The molecule has 0 heterocycles. The van der Waals surface area contributed by atoms with Gasteiger partial charge in [0.25, 0.3) is 0 Å². The lowest BCUT2D eigenvalue weighted by molar-refractivity contribution is 1.24. The van der Waals surface area contributed by atoms with E-state index in [-0.39, 0.29) is 5.25 Å². The first kappa shape index (κ1) is 14.7. The van der Waals surface area contributed by atoms with Crippen molar-refractivity contribution in [3.05, 3.63) is 114 Å². The third-order valence-corrected chi connectivity index (χ3v) is 4.08. The Morgan fingerprint density at radius 3 is 1.50 bits per heavy atom. The molecule has 0 aliphatic heterocycles. The summed E-state index contributed by atoms with van der Waals surface area (Å²) in [4.78, 5) is 0. The fourth-order valence-electron chi connectivity index (χ4n) is 2.50. The van der Waals surface area contributed by atoms with Gasteiger partial charge in [0, 0.05) is 5.25 Å². The first-order valence-corrected chi connectivity index (χ1v) is 7.92. The van der Waals surface area contributed by atoms with E-state index in [4.69, 9.17) is 12.6 Å². The van der Waals surface area contributed by atoms with E-state index in [0.717, 1.165) is 0 Å². The highest BCUT2D eigenvalue weighted by Gasteiger charge is 2.09. The van der Waals surface area contributed by atoms with Crippen molar-refractivity contribution in [2.75, 3.05) is 0 Å². The summed E-state index contributed by atoms with van der Waals surface area (Å²) in [5.74, 6) is 0. The van der Waals surface area contributed by atoms with Crippen LogP contribution in [0.5, 0.6) is 0 Å². The van der Waals surface area contributed by atoms with Crippen molar-refractivity contribution in [3.63, 3.8) is 0 Å². The van der Waals surface area contributed by atoms with E-state index in [9.17, 15) is 0 Å². The van der Waals surface area contributed by atoms with Gasteiger partial charge in [0.15, 0.2) is 0 Å². The Labute approximate surface area is 137 Å². The van der Waals surface area contributed by atoms with Crippen LogP contribution in [0.3, 0.4) is 0 Å². The summed E-state index contributed by atoms with van der Waals surface area (Å²) in [7, 11) is 0. The van der Waals surface area contributed by atoms with Crippen molar-refractivity contribution in [2.45, 2.75) is 5.25 Å². The Hall–Kier alpha value is -2.25. The fourth-order valence-corrected chi connectivity index (χ4v) is 2.82. The number of hydrogen-bond acceptors (Lipinski definition) is 1. The van der Waals surface area contributed by atoms with Gasteiger partial charge in [-0.2, -0.15) is 12.6 Å². The highest BCUT2D eigenvalue weighted by molar-refractivity contribution is 7.80. The van der Waals surface area contributed by atoms with Crippen LogP contribution < -0.4 is 0 Å². The minimum absolute atomic E-state index is 0.0663. The average Bonchev–Trinajstić information content (AvgIpc) is 2.62. The Morgan fingerprint density at radius 2 is 1.05 bits per heavy atom. The van der Waals surface area contributed by atoms with E-state index < -0.39 is 0 Å². The van der Waals surface area contributed by atoms with Crippen LogP contribution in [0.2, 0.25) is 0 Å². The summed E-state index contributed by atoms with van der Waals surface area (Å²) in [6, 6.07) is 31.3. The standard InChI is InChI=1S/C21H18S/c22-21(19-14-8-3-9-15-19)16-20(17-10-4-1-5-11-17)18-12-6-2-7-13-18/h1-16,21-22H. The SMILES string of the molecule is SC(C=C(c1ccccc1)c1ccccc1)c1ccccc1. The first-order chi connectivity index (χ1) is 10.8. The fraction of sp³-hybridized carbons (Fsp3) is 0.0476. The smallest absolute Gasteiger partial charge is 0.0456 e. The van der Waals surface area contributed by atoms with Crippen LogP contribution in [-0.2, 0) is 0 Å². The Balaban J connectivity index is 2.04. The normalized spacial score (nSPS) is 11.7. The van der Waals surface area contributed by atoms with Gasteiger partial charge in [-0.25, -0.2) is 0 Å². The second-order valence-electron chi connectivity index (χ2n) is 5.17. The Bertz CT molecular complexity index is 689. The molecular formula is C21H18S. The van der Waals surface area contributed by atoms with E-state index in [1.165, 1.54) is 22.3 Å². The lowest BCUT2D eigenvalue weighted by Crippen LogP contribution is -1.92. The molecule has 3 aromatic carbocycles. The van der Waals surface area contributed by atoms with Crippen LogP contribution in [0.25, 0.3) is 5.57 Å². The molecular weight excluding hydrogens is 284 g/mol. The lowest BCUT2D eigenvalue weighted by atomic mass is 9.96. The predicted octanol–water partition coefficient (Wildman–Crippen LogP) is 5.79.